The largest absolute Gasteiger partial charge is 0.423 e. The fourth-order valence-corrected chi connectivity index (χ4v) is 3.32. The smallest absolute Gasteiger partial charge is 0.313 e. The zero-order chi connectivity index (χ0) is 15.6. The van der Waals surface area contributed by atoms with Gasteiger partial charge in [0.1, 0.15) is 0 Å². The van der Waals surface area contributed by atoms with Crippen LogP contribution in [0, 0.1) is 6.92 Å². The summed E-state index contributed by atoms with van der Waals surface area (Å²) >= 11 is 18.7. The van der Waals surface area contributed by atoms with E-state index in [0.29, 0.717) is 5.02 Å². The molecule has 0 saturated carbocycles. The number of rotatable bonds is 4. The number of nitrogens with zero attached hydrogens (tertiary/aromatic N) is 1. The molecule has 112 valence electrons. The molecule has 0 atom stereocenters. The number of aromatic nitrogens is 1. The van der Waals surface area contributed by atoms with E-state index in [4.69, 9.17) is 39.5 Å². The predicted octanol–water partition coefficient (Wildman–Crippen LogP) is 4.17. The summed E-state index contributed by atoms with van der Waals surface area (Å²) in [6.07, 6.45) is 0.0345. The third kappa shape index (κ3) is 4.01. The van der Waals surface area contributed by atoms with E-state index >= 15 is 0 Å². The molecule has 0 aliphatic rings. The van der Waals surface area contributed by atoms with E-state index in [1.807, 2.05) is 0 Å². The molecule has 0 saturated heterocycles. The van der Waals surface area contributed by atoms with E-state index < -0.39 is 5.97 Å². The van der Waals surface area contributed by atoms with Crippen LogP contribution in [0.25, 0.3) is 0 Å². The minimum atomic E-state index is -0.529. The first-order valence-corrected chi connectivity index (χ1v) is 7.90. The highest BCUT2D eigenvalue weighted by atomic mass is 35.5. The highest BCUT2D eigenvalue weighted by Crippen LogP contribution is 2.35. The van der Waals surface area contributed by atoms with E-state index in [9.17, 15) is 9.59 Å². The molecular formula is C13H10Cl3NO3S. The highest BCUT2D eigenvalue weighted by molar-refractivity contribution is 7.07. The third-order valence-electron chi connectivity index (χ3n) is 2.69. The molecule has 0 bridgehead atoms. The van der Waals surface area contributed by atoms with Crippen molar-refractivity contribution >= 4 is 52.1 Å². The maximum Gasteiger partial charge on any atom is 0.313 e. The summed E-state index contributed by atoms with van der Waals surface area (Å²) in [5.74, 6) is -0.458. The Hall–Kier alpha value is -1.01. The molecule has 0 aliphatic carbocycles. The number of esters is 1. The number of carbonyl (C=O) groups is 1. The topological polar surface area (TPSA) is 48.3 Å². The fourth-order valence-electron chi connectivity index (χ4n) is 1.67. The predicted molar refractivity (Wildman–Crippen MR) is 85.0 cm³/mol. The van der Waals surface area contributed by atoms with Crippen LogP contribution in [0.15, 0.2) is 22.3 Å². The summed E-state index contributed by atoms with van der Waals surface area (Å²) in [6.45, 7) is 2.05. The molecule has 8 heteroatoms. The summed E-state index contributed by atoms with van der Waals surface area (Å²) in [6, 6.07) is 2.87. The van der Waals surface area contributed by atoms with Crippen molar-refractivity contribution in [1.29, 1.82) is 0 Å². The minimum Gasteiger partial charge on any atom is -0.423 e. The van der Waals surface area contributed by atoms with E-state index in [0.717, 1.165) is 17.0 Å². The van der Waals surface area contributed by atoms with Crippen molar-refractivity contribution in [2.75, 3.05) is 0 Å². The van der Waals surface area contributed by atoms with Gasteiger partial charge >= 0.3 is 10.8 Å². The number of halogens is 3. The molecule has 1 heterocycles. The second-order valence-electron chi connectivity index (χ2n) is 4.22. The Labute approximate surface area is 139 Å². The van der Waals surface area contributed by atoms with Crippen molar-refractivity contribution in [2.45, 2.75) is 19.9 Å². The van der Waals surface area contributed by atoms with Gasteiger partial charge in [0.05, 0.1) is 16.5 Å². The normalized spacial score (nSPS) is 10.7. The number of benzene rings is 1. The fraction of sp³-hybridized carbons (Fsp3) is 0.231. The van der Waals surface area contributed by atoms with Gasteiger partial charge in [-0.1, -0.05) is 46.1 Å². The average Bonchev–Trinajstić information content (AvgIpc) is 2.71. The van der Waals surface area contributed by atoms with Gasteiger partial charge < -0.3 is 9.30 Å². The lowest BCUT2D eigenvalue weighted by molar-refractivity contribution is -0.134. The molecule has 0 amide bonds. The Kier molecular flexibility index (Phi) is 5.32. The third-order valence-corrected chi connectivity index (χ3v) is 4.36. The lowest BCUT2D eigenvalue weighted by Crippen LogP contribution is -2.19. The van der Waals surface area contributed by atoms with Gasteiger partial charge in [0.25, 0.3) is 0 Å². The van der Waals surface area contributed by atoms with E-state index in [1.165, 1.54) is 16.7 Å². The van der Waals surface area contributed by atoms with Crippen LogP contribution in [0.2, 0.25) is 15.1 Å². The standard InChI is InChI=1S/C13H10Cl3NO3S/c1-7-6-21-13(19)17(7)3-2-11(18)20-12-9(15)4-8(14)5-10(12)16/h4-6H,2-3H2,1H3. The molecule has 0 fully saturated rings. The average molecular weight is 367 g/mol. The summed E-state index contributed by atoms with van der Waals surface area (Å²) in [5.41, 5.74) is 0.806. The van der Waals surface area contributed by atoms with Crippen molar-refractivity contribution in [1.82, 2.24) is 4.57 Å². The highest BCUT2D eigenvalue weighted by Gasteiger charge is 2.14. The number of ether oxygens (including phenoxy) is 1. The SMILES string of the molecule is Cc1csc(=O)n1CCC(=O)Oc1c(Cl)cc(Cl)cc1Cl. The van der Waals surface area contributed by atoms with E-state index in [-0.39, 0.29) is 33.6 Å². The lowest BCUT2D eigenvalue weighted by atomic mass is 10.3. The van der Waals surface area contributed by atoms with Gasteiger partial charge in [0.2, 0.25) is 0 Å². The Bertz CT molecular complexity index is 715. The van der Waals surface area contributed by atoms with Gasteiger partial charge in [-0.25, -0.2) is 0 Å². The molecule has 0 unspecified atom stereocenters. The van der Waals surface area contributed by atoms with Gasteiger partial charge in [-0.05, 0) is 19.1 Å². The maximum absolute atomic E-state index is 11.8. The van der Waals surface area contributed by atoms with Crippen LogP contribution < -0.4 is 9.61 Å². The first-order valence-electron chi connectivity index (χ1n) is 5.88. The molecule has 0 aliphatic heterocycles. The number of hydrogen-bond donors (Lipinski definition) is 0. The summed E-state index contributed by atoms with van der Waals surface area (Å²) in [5, 5.41) is 2.40. The molecule has 4 nitrogen and oxygen atoms in total. The second kappa shape index (κ2) is 6.83. The first kappa shape index (κ1) is 16.4. The van der Waals surface area contributed by atoms with E-state index in [1.54, 1.807) is 12.3 Å². The molecule has 21 heavy (non-hydrogen) atoms. The van der Waals surface area contributed by atoms with Crippen molar-refractivity contribution in [3.8, 4) is 5.75 Å². The second-order valence-corrected chi connectivity index (χ2v) is 6.29. The monoisotopic (exact) mass is 365 g/mol. The summed E-state index contributed by atoms with van der Waals surface area (Å²) in [7, 11) is 0. The van der Waals surface area contributed by atoms with Crippen LogP contribution in [0.4, 0.5) is 0 Å². The molecule has 0 spiro atoms. The van der Waals surface area contributed by atoms with Crippen molar-refractivity contribution in [3.05, 3.63) is 47.9 Å². The van der Waals surface area contributed by atoms with Gasteiger partial charge in [0, 0.05) is 22.6 Å². The maximum atomic E-state index is 11.8. The lowest BCUT2D eigenvalue weighted by Gasteiger charge is -2.09. The number of hydrogen-bond acceptors (Lipinski definition) is 4. The van der Waals surface area contributed by atoms with Crippen molar-refractivity contribution < 1.29 is 9.53 Å². The molecule has 1 aromatic heterocycles. The van der Waals surface area contributed by atoms with Crippen molar-refractivity contribution in [3.63, 3.8) is 0 Å². The first-order chi connectivity index (χ1) is 9.88. The van der Waals surface area contributed by atoms with Crippen LogP contribution >= 0.6 is 46.1 Å². The Morgan fingerprint density at radius 2 is 1.90 bits per heavy atom. The number of aryl methyl sites for hydroxylation is 1. The molecule has 1 aromatic carbocycles. The van der Waals surface area contributed by atoms with Gasteiger partial charge in [0.15, 0.2) is 5.75 Å². The quantitative estimate of drug-likeness (QED) is 0.602. The Morgan fingerprint density at radius 3 is 2.43 bits per heavy atom. The molecular weight excluding hydrogens is 357 g/mol. The molecule has 0 N–H and O–H groups in total. The summed E-state index contributed by atoms with van der Waals surface area (Å²) in [4.78, 5) is 23.3. The molecule has 2 aromatic rings. The van der Waals surface area contributed by atoms with Crippen LogP contribution in [0.1, 0.15) is 12.1 Å². The van der Waals surface area contributed by atoms with Crippen LogP contribution in [-0.4, -0.2) is 10.5 Å². The minimum absolute atomic E-state index is 0.0345. The van der Waals surface area contributed by atoms with Gasteiger partial charge in [-0.15, -0.1) is 0 Å². The van der Waals surface area contributed by atoms with Crippen LogP contribution in [0.5, 0.6) is 5.75 Å². The molecule has 0 radical (unpaired) electrons. The Morgan fingerprint density at radius 1 is 1.29 bits per heavy atom. The zero-order valence-corrected chi connectivity index (χ0v) is 13.9. The summed E-state index contributed by atoms with van der Waals surface area (Å²) < 4.78 is 6.65. The van der Waals surface area contributed by atoms with E-state index in [2.05, 4.69) is 0 Å². The molecule has 2 rings (SSSR count). The van der Waals surface area contributed by atoms with Gasteiger partial charge in [-0.3, -0.25) is 9.59 Å². The number of thiazole rings is 1. The van der Waals surface area contributed by atoms with Crippen LogP contribution in [0.3, 0.4) is 0 Å². The van der Waals surface area contributed by atoms with Gasteiger partial charge in [-0.2, -0.15) is 0 Å². The zero-order valence-electron chi connectivity index (χ0n) is 10.9. The van der Waals surface area contributed by atoms with Crippen molar-refractivity contribution in [2.24, 2.45) is 0 Å². The number of carbonyl (C=O) groups excluding carboxylic acids is 1. The van der Waals surface area contributed by atoms with Crippen LogP contribution in [-0.2, 0) is 11.3 Å². The Balaban J connectivity index is 2.05.